The number of esters is 1. The number of aliphatic hydroxyl groups excluding tert-OH is 15. The quantitative estimate of drug-likeness (QED) is 0.0499. The molecular weight excluding hydrogens is 1110 g/mol. The lowest BCUT2D eigenvalue weighted by molar-refractivity contribution is -0.379. The molecule has 5 aliphatic heterocycles. The highest BCUT2D eigenvalue weighted by atomic mass is 16.8. The van der Waals surface area contributed by atoms with E-state index in [9.17, 15) is 76.6 Å². The van der Waals surface area contributed by atoms with Crippen molar-refractivity contribution in [1.29, 1.82) is 0 Å². The third-order valence-electron chi connectivity index (χ3n) is 22.9. The molecule has 5 aliphatic carbocycles. The lowest BCUT2D eigenvalue weighted by atomic mass is 9.33. The Balaban J connectivity index is 0.878. The van der Waals surface area contributed by atoms with Crippen molar-refractivity contribution in [1.82, 2.24) is 0 Å². The zero-order valence-corrected chi connectivity index (χ0v) is 49.0. The maximum absolute atomic E-state index is 15.4. The highest BCUT2D eigenvalue weighted by Crippen LogP contribution is 2.76. The van der Waals surface area contributed by atoms with E-state index in [2.05, 4.69) is 40.7 Å². The number of carbonyl (C=O) groups excluding carboxylic acids is 1. The van der Waals surface area contributed by atoms with Crippen molar-refractivity contribution in [3.63, 3.8) is 0 Å². The van der Waals surface area contributed by atoms with Gasteiger partial charge in [0.25, 0.3) is 0 Å². The Hall–Kier alpha value is -1.75. The molecular formula is C58H94O26. The van der Waals surface area contributed by atoms with E-state index < -0.39 is 189 Å². The average Bonchev–Trinajstić information content (AvgIpc) is 1.08. The number of hydrogen-bond acceptors (Lipinski definition) is 26. The second kappa shape index (κ2) is 24.1. The van der Waals surface area contributed by atoms with Gasteiger partial charge in [0.15, 0.2) is 31.3 Å². The van der Waals surface area contributed by atoms with E-state index in [0.29, 0.717) is 57.8 Å². The summed E-state index contributed by atoms with van der Waals surface area (Å²) in [5.74, 6) is -0.960. The van der Waals surface area contributed by atoms with E-state index in [1.807, 2.05) is 6.92 Å². The maximum atomic E-state index is 15.4. The van der Waals surface area contributed by atoms with Gasteiger partial charge in [0.2, 0.25) is 6.29 Å². The summed E-state index contributed by atoms with van der Waals surface area (Å²) in [6, 6.07) is 0. The van der Waals surface area contributed by atoms with Gasteiger partial charge in [-0.1, -0.05) is 53.2 Å². The van der Waals surface area contributed by atoms with Gasteiger partial charge in [0, 0.05) is 5.41 Å². The third kappa shape index (κ3) is 10.8. The van der Waals surface area contributed by atoms with Crippen LogP contribution in [-0.2, 0) is 52.2 Å². The van der Waals surface area contributed by atoms with Crippen LogP contribution in [0.1, 0.15) is 113 Å². The molecule has 26 heteroatoms. The lowest BCUT2D eigenvalue weighted by Gasteiger charge is -2.71. The maximum Gasteiger partial charge on any atom is 0.315 e. The molecule has 0 aromatic rings. The molecule has 5 unspecified atom stereocenters. The van der Waals surface area contributed by atoms with Gasteiger partial charge in [-0.2, -0.15) is 0 Å². The van der Waals surface area contributed by atoms with Gasteiger partial charge in [-0.05, 0) is 111 Å². The fourth-order valence-electron chi connectivity index (χ4n) is 17.4. The molecule has 9 fully saturated rings. The Bertz CT molecular complexity index is 2330. The predicted molar refractivity (Wildman–Crippen MR) is 283 cm³/mol. The first kappa shape index (κ1) is 65.2. The Labute approximate surface area is 488 Å². The number of allylic oxidation sites excluding steroid dienone is 2. The largest absolute Gasteiger partial charge is 0.432 e. The second-order valence-electron chi connectivity index (χ2n) is 28.0. The minimum Gasteiger partial charge on any atom is -0.432 e. The van der Waals surface area contributed by atoms with Gasteiger partial charge in [-0.25, -0.2) is 0 Å². The zero-order valence-electron chi connectivity index (χ0n) is 49.0. The smallest absolute Gasteiger partial charge is 0.315 e. The summed E-state index contributed by atoms with van der Waals surface area (Å²) in [6.07, 6.45) is -29.3. The van der Waals surface area contributed by atoms with Crippen molar-refractivity contribution in [2.75, 3.05) is 33.0 Å². The number of aliphatic hydroxyl groups is 15. The summed E-state index contributed by atoms with van der Waals surface area (Å²) >= 11 is 0. The summed E-state index contributed by atoms with van der Waals surface area (Å²) in [5, 5.41) is 162. The average molecular weight is 1210 g/mol. The van der Waals surface area contributed by atoms with Crippen molar-refractivity contribution in [2.24, 2.45) is 50.2 Å². The van der Waals surface area contributed by atoms with E-state index >= 15 is 4.79 Å². The second-order valence-corrected chi connectivity index (χ2v) is 28.0. The summed E-state index contributed by atoms with van der Waals surface area (Å²) in [6.45, 7) is 12.3. The summed E-state index contributed by atoms with van der Waals surface area (Å²) in [5.41, 5.74) is -2.13. The van der Waals surface area contributed by atoms with E-state index in [4.69, 9.17) is 47.4 Å². The van der Waals surface area contributed by atoms with Crippen LogP contribution in [0.4, 0.5) is 0 Å². The molecule has 0 radical (unpaired) electrons. The predicted octanol–water partition coefficient (Wildman–Crippen LogP) is -2.93. The van der Waals surface area contributed by atoms with E-state index in [-0.39, 0.29) is 47.2 Å². The van der Waals surface area contributed by atoms with Gasteiger partial charge in [-0.3, -0.25) is 4.79 Å². The van der Waals surface area contributed by atoms with Crippen LogP contribution in [0.15, 0.2) is 11.6 Å². The monoisotopic (exact) mass is 1210 g/mol. The molecule has 0 aromatic carbocycles. The Kier molecular flexibility index (Phi) is 18.7. The standard InChI is InChI=1S/C58H94O26/c1-24-34(64)44(81-47-41(71)35(65)27(62)21-75-47)43(73)49(77-24)82-45-36(66)28(63)22-76-50(45)80-33-11-12-54(4)31(55(33,5)23-61)10-13-57(7)32(54)9-8-25-26-18-53(2,3)14-16-58(26,17-15-56(25,57)6)52(74)84-51-46(40(70)38(68)30(20-60)79-51)83-48-42(72)39(69)37(67)29(19-59)78-48/h8,24,26-51,59-73H,9-23H2,1-7H3/t24-,26?,27+,28-,29+,30+,31?,32?,33?,34-,35-,36-,37+,38+,39-,40-,41+,42+,43+,44+,45+,46+,47-,48-,49+,50+,51?,54-,55-,56+,57+,58-/m0/s1. The van der Waals surface area contributed by atoms with Crippen LogP contribution in [0.25, 0.3) is 0 Å². The van der Waals surface area contributed by atoms with Crippen molar-refractivity contribution in [3.8, 4) is 0 Å². The van der Waals surface area contributed by atoms with Crippen LogP contribution in [0, 0.1) is 50.2 Å². The van der Waals surface area contributed by atoms with Gasteiger partial charge in [0.1, 0.15) is 97.7 Å². The molecule has 0 spiro atoms. The molecule has 482 valence electrons. The van der Waals surface area contributed by atoms with E-state index in [1.54, 1.807) is 0 Å². The summed E-state index contributed by atoms with van der Waals surface area (Å²) in [7, 11) is 0. The molecule has 84 heavy (non-hydrogen) atoms. The normalized spacial score (nSPS) is 54.9. The lowest BCUT2D eigenvalue weighted by Crippen LogP contribution is -2.67. The van der Waals surface area contributed by atoms with Crippen LogP contribution in [0.3, 0.4) is 0 Å². The molecule has 10 aliphatic rings. The minimum atomic E-state index is -1.90. The first-order chi connectivity index (χ1) is 39.4. The van der Waals surface area contributed by atoms with Gasteiger partial charge < -0.3 is 124 Å². The number of ether oxygens (including phenoxy) is 10. The van der Waals surface area contributed by atoms with Crippen LogP contribution in [-0.4, -0.2) is 263 Å². The highest BCUT2D eigenvalue weighted by Gasteiger charge is 2.71. The van der Waals surface area contributed by atoms with Gasteiger partial charge >= 0.3 is 5.97 Å². The van der Waals surface area contributed by atoms with Gasteiger partial charge in [-0.15, -0.1) is 0 Å². The molecule has 32 atom stereocenters. The van der Waals surface area contributed by atoms with Crippen molar-refractivity contribution in [3.05, 3.63) is 11.6 Å². The zero-order chi connectivity index (χ0) is 61.1. The topological polar surface area (TPSA) is 413 Å². The fourth-order valence-corrected chi connectivity index (χ4v) is 17.4. The Morgan fingerprint density at radius 1 is 0.548 bits per heavy atom. The molecule has 4 saturated carbocycles. The summed E-state index contributed by atoms with van der Waals surface area (Å²) in [4.78, 5) is 15.4. The van der Waals surface area contributed by atoms with E-state index in [0.717, 1.165) is 12.0 Å². The summed E-state index contributed by atoms with van der Waals surface area (Å²) < 4.78 is 60.0. The molecule has 0 amide bonds. The first-order valence-corrected chi connectivity index (χ1v) is 30.2. The number of hydrogen-bond donors (Lipinski definition) is 15. The molecule has 0 bridgehead atoms. The molecule has 0 aromatic heterocycles. The van der Waals surface area contributed by atoms with Gasteiger partial charge in [0.05, 0.1) is 50.7 Å². The molecule has 5 heterocycles. The SMILES string of the molecule is C[C@@H]1O[C@H](O[C@H]2[C@@H](OC3CC[C@@]4(C)C(CC[C@]5(C)C4CC=C4C6CC(C)(C)CC[C@]6(C(=O)OC6O[C@H](CO)[C@@H](O)[C@H](O)[C@H]6O[C@@H]6O[C@H](CO)[C@@H](O)[C@H](O)[C@H]6O)CC[C@]45C)[C@]3(C)CO)OC[C@H](O)[C@@H]2O)[C@H](O)[C@H](O[C@@H]2OC[C@@H](O)[C@H](O)[C@H]2O)[C@H]1O. The van der Waals surface area contributed by atoms with Crippen molar-refractivity contribution < 1.29 is 129 Å². The third-order valence-corrected chi connectivity index (χ3v) is 22.9. The highest BCUT2D eigenvalue weighted by molar-refractivity contribution is 5.79. The molecule has 15 N–H and O–H groups in total. The minimum absolute atomic E-state index is 0.0875. The van der Waals surface area contributed by atoms with Crippen LogP contribution in [0.2, 0.25) is 0 Å². The fraction of sp³-hybridized carbons (Fsp3) is 0.948. The number of fused-ring (bicyclic) bond motifs is 7. The first-order valence-electron chi connectivity index (χ1n) is 30.2. The van der Waals surface area contributed by atoms with Crippen LogP contribution < -0.4 is 0 Å². The van der Waals surface area contributed by atoms with Crippen LogP contribution >= 0.6 is 0 Å². The molecule has 10 rings (SSSR count). The van der Waals surface area contributed by atoms with Crippen molar-refractivity contribution >= 4 is 5.97 Å². The van der Waals surface area contributed by atoms with Crippen molar-refractivity contribution in [2.45, 2.75) is 260 Å². The van der Waals surface area contributed by atoms with Crippen LogP contribution in [0.5, 0.6) is 0 Å². The molecule has 5 saturated heterocycles. The Morgan fingerprint density at radius 3 is 1.77 bits per heavy atom. The van der Waals surface area contributed by atoms with E-state index in [1.165, 1.54) is 6.92 Å². The number of carbonyl (C=O) groups is 1. The number of rotatable bonds is 13. The molecule has 26 nitrogen and oxygen atoms in total. The Morgan fingerprint density at radius 2 is 1.12 bits per heavy atom.